The van der Waals surface area contributed by atoms with E-state index >= 15 is 0 Å². The molecule has 0 saturated heterocycles. The molecule has 1 heterocycles. The Hall–Kier alpha value is -0.760. The minimum absolute atomic E-state index is 0.188. The Morgan fingerprint density at radius 3 is 2.59 bits per heavy atom. The summed E-state index contributed by atoms with van der Waals surface area (Å²) in [6, 6.07) is 4.36. The molecule has 0 unspecified atom stereocenters. The molecule has 0 aliphatic carbocycles. The zero-order valence-electron chi connectivity index (χ0n) is 12.1. The average molecular weight is 236 g/mol. The number of nitrogens with zero attached hydrogens (tertiary/aromatic N) is 1. The molecule has 0 aliphatic heterocycles. The Kier molecular flexibility index (Phi) is 5.26. The topological polar surface area (TPSA) is 17.0 Å². The molecule has 0 bridgehead atoms. The van der Waals surface area contributed by atoms with Crippen LogP contribution >= 0.6 is 0 Å². The van der Waals surface area contributed by atoms with Crippen LogP contribution in [-0.4, -0.2) is 10.1 Å². The molecule has 0 atom stereocenters. The SMILES string of the molecule is CC(C)CCCn1cccc1CNC(C)(C)C. The maximum atomic E-state index is 3.54. The van der Waals surface area contributed by atoms with Crippen molar-refractivity contribution < 1.29 is 0 Å². The van der Waals surface area contributed by atoms with Crippen LogP contribution in [0.15, 0.2) is 18.3 Å². The van der Waals surface area contributed by atoms with E-state index in [-0.39, 0.29) is 5.54 Å². The van der Waals surface area contributed by atoms with Gasteiger partial charge in [0.1, 0.15) is 0 Å². The third-order valence-corrected chi connectivity index (χ3v) is 2.90. The van der Waals surface area contributed by atoms with Crippen molar-refractivity contribution in [2.24, 2.45) is 5.92 Å². The van der Waals surface area contributed by atoms with Crippen molar-refractivity contribution in [1.82, 2.24) is 9.88 Å². The summed E-state index contributed by atoms with van der Waals surface area (Å²) in [5.41, 5.74) is 1.58. The summed E-state index contributed by atoms with van der Waals surface area (Å²) in [7, 11) is 0. The quantitative estimate of drug-likeness (QED) is 0.794. The number of aryl methyl sites for hydroxylation is 1. The normalized spacial score (nSPS) is 12.4. The van der Waals surface area contributed by atoms with E-state index in [1.807, 2.05) is 0 Å². The van der Waals surface area contributed by atoms with Crippen molar-refractivity contribution in [2.45, 2.75) is 66.1 Å². The van der Waals surface area contributed by atoms with Gasteiger partial charge in [-0.2, -0.15) is 0 Å². The van der Waals surface area contributed by atoms with E-state index in [1.165, 1.54) is 18.5 Å². The summed E-state index contributed by atoms with van der Waals surface area (Å²) >= 11 is 0. The van der Waals surface area contributed by atoms with Crippen LogP contribution < -0.4 is 5.32 Å². The molecule has 0 radical (unpaired) electrons. The van der Waals surface area contributed by atoms with Gasteiger partial charge in [0.25, 0.3) is 0 Å². The van der Waals surface area contributed by atoms with Crippen LogP contribution in [0.5, 0.6) is 0 Å². The lowest BCUT2D eigenvalue weighted by molar-refractivity contribution is 0.412. The van der Waals surface area contributed by atoms with Crippen LogP contribution in [0.2, 0.25) is 0 Å². The fourth-order valence-electron chi connectivity index (χ4n) is 1.85. The minimum Gasteiger partial charge on any atom is -0.350 e. The Morgan fingerprint density at radius 1 is 1.29 bits per heavy atom. The Labute approximate surface area is 106 Å². The van der Waals surface area contributed by atoms with Crippen LogP contribution in [0, 0.1) is 5.92 Å². The second-order valence-electron chi connectivity index (χ2n) is 6.33. The maximum Gasteiger partial charge on any atom is 0.0363 e. The molecular formula is C15H28N2. The first-order chi connectivity index (χ1) is 7.88. The molecule has 0 aliphatic rings. The van der Waals surface area contributed by atoms with E-state index in [2.05, 4.69) is 62.8 Å². The lowest BCUT2D eigenvalue weighted by atomic mass is 10.1. The van der Waals surface area contributed by atoms with Gasteiger partial charge in [-0.05, 0) is 51.7 Å². The third-order valence-electron chi connectivity index (χ3n) is 2.90. The van der Waals surface area contributed by atoms with E-state index in [9.17, 15) is 0 Å². The fraction of sp³-hybridized carbons (Fsp3) is 0.733. The van der Waals surface area contributed by atoms with Crippen LogP contribution in [0.1, 0.15) is 53.2 Å². The molecule has 98 valence electrons. The first-order valence-corrected chi connectivity index (χ1v) is 6.77. The largest absolute Gasteiger partial charge is 0.350 e. The van der Waals surface area contributed by atoms with Gasteiger partial charge in [-0.25, -0.2) is 0 Å². The second kappa shape index (κ2) is 6.25. The molecule has 17 heavy (non-hydrogen) atoms. The molecule has 0 amide bonds. The van der Waals surface area contributed by atoms with E-state index in [0.29, 0.717) is 0 Å². The minimum atomic E-state index is 0.188. The molecule has 2 heteroatoms. The van der Waals surface area contributed by atoms with Gasteiger partial charge in [-0.3, -0.25) is 0 Å². The van der Waals surface area contributed by atoms with Crippen LogP contribution in [0.4, 0.5) is 0 Å². The molecule has 1 N–H and O–H groups in total. The highest BCUT2D eigenvalue weighted by atomic mass is 15.0. The fourth-order valence-corrected chi connectivity index (χ4v) is 1.85. The Bertz CT molecular complexity index is 318. The summed E-state index contributed by atoms with van der Waals surface area (Å²) in [6.07, 6.45) is 4.78. The second-order valence-corrected chi connectivity index (χ2v) is 6.33. The molecule has 1 aromatic rings. The van der Waals surface area contributed by atoms with Crippen molar-refractivity contribution in [3.63, 3.8) is 0 Å². The first-order valence-electron chi connectivity index (χ1n) is 6.77. The number of rotatable bonds is 6. The zero-order valence-corrected chi connectivity index (χ0v) is 12.1. The molecule has 1 rings (SSSR count). The van der Waals surface area contributed by atoms with Gasteiger partial charge in [0.15, 0.2) is 0 Å². The summed E-state index contributed by atoms with van der Waals surface area (Å²) in [5, 5.41) is 3.54. The molecule has 0 saturated carbocycles. The molecule has 0 aromatic carbocycles. The smallest absolute Gasteiger partial charge is 0.0363 e. The molecule has 2 nitrogen and oxygen atoms in total. The number of nitrogens with one attached hydrogen (secondary N) is 1. The Morgan fingerprint density at radius 2 is 2.00 bits per heavy atom. The van der Waals surface area contributed by atoms with Crippen molar-refractivity contribution in [1.29, 1.82) is 0 Å². The van der Waals surface area contributed by atoms with Crippen LogP contribution in [0.25, 0.3) is 0 Å². The van der Waals surface area contributed by atoms with Gasteiger partial charge >= 0.3 is 0 Å². The van der Waals surface area contributed by atoms with Crippen LogP contribution in [0.3, 0.4) is 0 Å². The van der Waals surface area contributed by atoms with Gasteiger partial charge < -0.3 is 9.88 Å². The van der Waals surface area contributed by atoms with Crippen LogP contribution in [-0.2, 0) is 13.1 Å². The van der Waals surface area contributed by atoms with Gasteiger partial charge in [0.2, 0.25) is 0 Å². The molecular weight excluding hydrogens is 208 g/mol. The average Bonchev–Trinajstić information content (AvgIpc) is 2.61. The van der Waals surface area contributed by atoms with E-state index < -0.39 is 0 Å². The summed E-state index contributed by atoms with van der Waals surface area (Å²) in [5.74, 6) is 0.807. The molecule has 0 fully saturated rings. The monoisotopic (exact) mass is 236 g/mol. The zero-order chi connectivity index (χ0) is 12.9. The number of aromatic nitrogens is 1. The standard InChI is InChI=1S/C15H28N2/c1-13(2)8-6-10-17-11-7-9-14(17)12-16-15(3,4)5/h7,9,11,13,16H,6,8,10,12H2,1-5H3. The van der Waals surface area contributed by atoms with Gasteiger partial charge in [-0.1, -0.05) is 13.8 Å². The molecule has 1 aromatic heterocycles. The summed E-state index contributed by atoms with van der Waals surface area (Å²) in [6.45, 7) is 13.3. The summed E-state index contributed by atoms with van der Waals surface area (Å²) < 4.78 is 2.38. The van der Waals surface area contributed by atoms with Crippen molar-refractivity contribution in [3.05, 3.63) is 24.0 Å². The van der Waals surface area contributed by atoms with Gasteiger partial charge in [0.05, 0.1) is 0 Å². The number of hydrogen-bond acceptors (Lipinski definition) is 1. The number of hydrogen-bond donors (Lipinski definition) is 1. The Balaban J connectivity index is 2.43. The first kappa shape index (κ1) is 14.3. The molecule has 0 spiro atoms. The predicted molar refractivity (Wildman–Crippen MR) is 75.1 cm³/mol. The van der Waals surface area contributed by atoms with Gasteiger partial charge in [0, 0.05) is 30.5 Å². The van der Waals surface area contributed by atoms with E-state index in [1.54, 1.807) is 0 Å². The lowest BCUT2D eigenvalue weighted by Crippen LogP contribution is -2.35. The maximum absolute atomic E-state index is 3.54. The van der Waals surface area contributed by atoms with Crippen molar-refractivity contribution >= 4 is 0 Å². The van der Waals surface area contributed by atoms with E-state index in [0.717, 1.165) is 19.0 Å². The highest BCUT2D eigenvalue weighted by Gasteiger charge is 2.09. The summed E-state index contributed by atoms with van der Waals surface area (Å²) in [4.78, 5) is 0. The third kappa shape index (κ3) is 5.92. The van der Waals surface area contributed by atoms with Gasteiger partial charge in [-0.15, -0.1) is 0 Å². The van der Waals surface area contributed by atoms with Crippen molar-refractivity contribution in [2.75, 3.05) is 0 Å². The van der Waals surface area contributed by atoms with E-state index in [4.69, 9.17) is 0 Å². The predicted octanol–water partition coefficient (Wildman–Crippen LogP) is 3.81. The highest BCUT2D eigenvalue weighted by molar-refractivity contribution is 5.07. The highest BCUT2D eigenvalue weighted by Crippen LogP contribution is 2.10. The van der Waals surface area contributed by atoms with Crippen molar-refractivity contribution in [3.8, 4) is 0 Å². The lowest BCUT2D eigenvalue weighted by Gasteiger charge is -2.21.